The van der Waals surface area contributed by atoms with E-state index in [0.29, 0.717) is 36.6 Å². The first-order valence-corrected chi connectivity index (χ1v) is 88.1. The monoisotopic (exact) mass is 1730 g/mol. The van der Waals surface area contributed by atoms with E-state index < -0.39 is 117 Å². The van der Waals surface area contributed by atoms with Gasteiger partial charge in [-0.15, -0.1) is 0 Å². The highest BCUT2D eigenvalue weighted by atomic mass is 28.4. The van der Waals surface area contributed by atoms with Gasteiger partial charge in [-0.2, -0.15) is 0 Å². The maximum absolute atomic E-state index is 6.22. The zero-order chi connectivity index (χ0) is 81.5. The zero-order valence-corrected chi connectivity index (χ0v) is 91.6. The standard InChI is InChI=1S/3C11H27NOSi2.C10H25NOSi2.C9H23NOSi2.C7H15NOSi.C6H13NOSi.C5H13NOSi.C4H11NOSi/c1-14(2,3)12-9-7-11(8-10-12)13-15(4,5)6;1-14(2,3)12-9-7-8-11(12)10-13-15(4,5)6;1-14(2,3)12-9-7-8-11(10-12)13-15(4,5)6;1-13(2,3)11-8-7-10(9-11)12-14(4,5)6;1-12(2,3)10-7-9(8-10)11-13(4,5)6;1-10(2)8-5-3-4-7(8)6-9-10;1-9(2)7-4-3-6(5-7)8-9;1-6-4-5-7-8(6,2)3;1-7(2)5-3-4-6-7/h3*11H,7-10H2,1-6H3;10H,7-9H2,1-6H3;9H,7-8H2,1-6H3;7H,3-6H2,1-2H3;6H,3-5H2,1-2H3;4-5H2,1-3H3;5H,3-4H2,1-2H3. The molecule has 11 heterocycles. The van der Waals surface area contributed by atoms with E-state index in [-0.39, 0.29) is 0 Å². The van der Waals surface area contributed by atoms with Gasteiger partial charge in [0.05, 0.1) is 31.0 Å². The van der Waals surface area contributed by atoms with Crippen molar-refractivity contribution in [3.05, 3.63) is 0 Å². The summed E-state index contributed by atoms with van der Waals surface area (Å²) in [5, 5.41) is 0. The van der Waals surface area contributed by atoms with E-state index in [1.807, 2.05) is 0 Å². The third-order valence-corrected chi connectivity index (χ3v) is 49.0. The van der Waals surface area contributed by atoms with Crippen molar-refractivity contribution >= 4 is 117 Å². The smallest absolute Gasteiger partial charge is 0.265 e. The van der Waals surface area contributed by atoms with Crippen LogP contribution in [0, 0.1) is 0 Å². The molecule has 632 valence electrons. The van der Waals surface area contributed by atoms with Crippen molar-refractivity contribution in [1.82, 2.24) is 41.5 Å². The van der Waals surface area contributed by atoms with Crippen LogP contribution in [0.15, 0.2) is 0 Å². The Hall–Kier alpha value is 2.32. The molecule has 11 fully saturated rings. The minimum Gasteiger partial charge on any atom is -0.416 e. The molecule has 11 saturated heterocycles. The summed E-state index contributed by atoms with van der Waals surface area (Å²) in [6, 6.07) is 1.50. The third-order valence-electron chi connectivity index (χ3n) is 21.6. The Morgan fingerprint density at radius 1 is 0.368 bits per heavy atom. The molecule has 0 spiro atoms. The van der Waals surface area contributed by atoms with Crippen LogP contribution >= 0.6 is 0 Å². The number of nitrogens with zero attached hydrogens (tertiary/aromatic N) is 8. The quantitative estimate of drug-likeness (QED) is 0.147. The van der Waals surface area contributed by atoms with Crippen molar-refractivity contribution in [3.63, 3.8) is 0 Å². The van der Waals surface area contributed by atoms with Crippen molar-refractivity contribution in [1.29, 1.82) is 0 Å². The number of piperidine rings is 2. The lowest BCUT2D eigenvalue weighted by atomic mass is 10.1. The average Bonchev–Trinajstić information content (AvgIpc) is 1.05. The van der Waals surface area contributed by atoms with Crippen molar-refractivity contribution < 1.29 is 39.8 Å². The number of likely N-dealkylation sites (N-methyl/N-ethyl adjacent to an activating group) is 1. The molecule has 0 aromatic rings. The van der Waals surface area contributed by atoms with E-state index in [9.17, 15) is 0 Å². The Balaban J connectivity index is 0.000000312. The Morgan fingerprint density at radius 3 is 1.16 bits per heavy atom. The second-order valence-corrected chi connectivity index (χ2v) is 106. The van der Waals surface area contributed by atoms with E-state index in [1.165, 1.54) is 143 Å². The number of fused-ring (bicyclic) bond motifs is 3. The molecule has 2 bridgehead atoms. The lowest BCUT2D eigenvalue weighted by Crippen LogP contribution is -2.63. The second kappa shape index (κ2) is 42.3. The van der Waals surface area contributed by atoms with Gasteiger partial charge in [-0.3, -0.25) is 4.57 Å². The van der Waals surface area contributed by atoms with Gasteiger partial charge in [0.25, 0.3) is 33.9 Å². The number of nitrogens with one attached hydrogen (secondary N) is 1. The molecule has 0 saturated carbocycles. The summed E-state index contributed by atoms with van der Waals surface area (Å²) < 4.78 is 74.0. The molecule has 6 atom stereocenters. The van der Waals surface area contributed by atoms with Gasteiger partial charge in [0, 0.05) is 83.8 Å². The summed E-state index contributed by atoms with van der Waals surface area (Å²) in [6.45, 7) is 110. The van der Waals surface area contributed by atoms with Crippen molar-refractivity contribution in [3.8, 4) is 0 Å². The minimum absolute atomic E-state index is 0.511. The lowest BCUT2D eigenvalue weighted by molar-refractivity contribution is 0.0637. The van der Waals surface area contributed by atoms with Crippen LogP contribution in [0.5, 0.6) is 0 Å². The summed E-state index contributed by atoms with van der Waals surface area (Å²) >= 11 is 0. The molecule has 11 rings (SSSR count). The fraction of sp³-hybridized carbons (Fsp3) is 1.00. The first kappa shape index (κ1) is 103. The molecule has 106 heavy (non-hydrogen) atoms. The largest absolute Gasteiger partial charge is 0.416 e. The van der Waals surface area contributed by atoms with Crippen LogP contribution < -0.4 is 4.98 Å². The van der Waals surface area contributed by atoms with Crippen LogP contribution in [-0.2, 0) is 39.8 Å². The second-order valence-electron chi connectivity index (χ2n) is 44.1. The molecule has 0 aromatic carbocycles. The van der Waals surface area contributed by atoms with Crippen LogP contribution in [0.1, 0.15) is 64.2 Å². The van der Waals surface area contributed by atoms with E-state index in [2.05, 4.69) is 297 Å². The number of rotatable bonds is 16. The van der Waals surface area contributed by atoms with Gasteiger partial charge in [0.2, 0.25) is 0 Å². The highest BCUT2D eigenvalue weighted by Crippen LogP contribution is 2.34. The van der Waals surface area contributed by atoms with Gasteiger partial charge < -0.3 is 76.8 Å². The SMILES string of the molecule is CN1CCO[Si]1(C)C.C[Si](C)(C)OC1CCCN([Si](C)(C)C)C1.C[Si](C)(C)OC1CCN([Si](C)(C)C)C1.C[Si](C)(C)OC1CCN([Si](C)(C)C)CC1.C[Si](C)(C)OC1CN([Si](C)(C)C)C1.C[Si](C)(C)OCC1CCCN1[Si](C)(C)C.C[Si]1(C)NCCO1.C[Si]1(C)OC2CCN1C2.C[Si]1(C)OCC2CCCN21. The lowest BCUT2D eigenvalue weighted by Gasteiger charge is -2.48. The van der Waals surface area contributed by atoms with Crippen LogP contribution in [-0.4, -0.2) is 321 Å². The number of hydrogen-bond acceptors (Lipinski definition) is 18. The molecular formula is C74H181N9O9Si14. The predicted octanol–water partition coefficient (Wildman–Crippen LogP) is 17.4. The summed E-state index contributed by atoms with van der Waals surface area (Å²) in [7, 11) is -15.1. The van der Waals surface area contributed by atoms with E-state index >= 15 is 0 Å². The van der Waals surface area contributed by atoms with Crippen molar-refractivity contribution in [2.45, 2.75) is 356 Å². The molecular weight excluding hydrogens is 1550 g/mol. The topological polar surface area (TPSA) is 121 Å². The molecule has 0 aliphatic carbocycles. The molecule has 0 amide bonds. The van der Waals surface area contributed by atoms with E-state index in [4.69, 9.17) is 39.8 Å². The molecule has 6 unspecified atom stereocenters. The van der Waals surface area contributed by atoms with Gasteiger partial charge >= 0.3 is 0 Å². The van der Waals surface area contributed by atoms with Crippen LogP contribution in [0.4, 0.5) is 0 Å². The van der Waals surface area contributed by atoms with Crippen molar-refractivity contribution in [2.75, 3.05) is 125 Å². The zero-order valence-electron chi connectivity index (χ0n) is 77.6. The normalized spacial score (nSPS) is 27.9. The van der Waals surface area contributed by atoms with Gasteiger partial charge in [0.1, 0.15) is 41.2 Å². The van der Waals surface area contributed by atoms with Crippen molar-refractivity contribution in [2.24, 2.45) is 0 Å². The summed E-state index contributed by atoms with van der Waals surface area (Å²) in [5.74, 6) is 0. The molecule has 11 aliphatic rings. The highest BCUT2D eigenvalue weighted by molar-refractivity contribution is 6.76. The molecule has 0 radical (unpaired) electrons. The first-order valence-electron chi connectivity index (χ1n) is 42.4. The summed E-state index contributed by atoms with van der Waals surface area (Å²) in [5.41, 5.74) is 0. The molecule has 18 nitrogen and oxygen atoms in total. The minimum atomic E-state index is -1.34. The summed E-state index contributed by atoms with van der Waals surface area (Å²) in [6.07, 6.45) is 15.8. The number of hydrogen-bond donors (Lipinski definition) is 1. The van der Waals surface area contributed by atoms with E-state index in [0.717, 1.165) is 45.6 Å². The fourth-order valence-corrected chi connectivity index (χ4v) is 37.1. The highest BCUT2D eigenvalue weighted by Gasteiger charge is 2.48. The fourth-order valence-electron chi connectivity index (χ4n) is 15.4. The summed E-state index contributed by atoms with van der Waals surface area (Å²) in [4.78, 5) is 3.31. The third kappa shape index (κ3) is 41.1. The molecule has 32 heteroatoms. The maximum atomic E-state index is 6.22. The molecule has 1 N–H and O–H groups in total. The molecule has 0 aromatic heterocycles. The van der Waals surface area contributed by atoms with Crippen LogP contribution in [0.3, 0.4) is 0 Å². The Kier molecular flexibility index (Phi) is 40.9. The van der Waals surface area contributed by atoms with Crippen LogP contribution in [0.25, 0.3) is 0 Å². The van der Waals surface area contributed by atoms with Gasteiger partial charge in [-0.25, -0.2) is 0 Å². The van der Waals surface area contributed by atoms with Crippen LogP contribution in [0.2, 0.25) is 249 Å². The van der Waals surface area contributed by atoms with Gasteiger partial charge in [-0.1, -0.05) is 98.2 Å². The average molecular weight is 1730 g/mol. The Labute approximate surface area is 673 Å². The molecule has 11 aliphatic heterocycles. The Bertz CT molecular complexity index is 2480. The Morgan fingerprint density at radius 2 is 0.811 bits per heavy atom. The van der Waals surface area contributed by atoms with Gasteiger partial charge in [-0.05, 0) is 268 Å². The first-order chi connectivity index (χ1) is 47.7. The predicted molar refractivity (Wildman–Crippen MR) is 497 cm³/mol. The van der Waals surface area contributed by atoms with Gasteiger partial charge in [0.15, 0.2) is 41.6 Å². The van der Waals surface area contributed by atoms with E-state index in [1.54, 1.807) is 0 Å². The maximum Gasteiger partial charge on any atom is 0.265 e.